The molecule has 0 radical (unpaired) electrons. The molecule has 98 valence electrons. The predicted molar refractivity (Wildman–Crippen MR) is 75.3 cm³/mol. The Balaban J connectivity index is 2.52. The van der Waals surface area contributed by atoms with Crippen LogP contribution < -0.4 is 0 Å². The predicted octanol–water partition coefficient (Wildman–Crippen LogP) is 3.85. The molecular formula is C16H22O2. The fourth-order valence-electron chi connectivity index (χ4n) is 1.61. The highest BCUT2D eigenvalue weighted by Crippen LogP contribution is 2.11. The van der Waals surface area contributed by atoms with E-state index in [2.05, 4.69) is 26.0 Å². The van der Waals surface area contributed by atoms with Gasteiger partial charge in [-0.1, -0.05) is 38.1 Å². The van der Waals surface area contributed by atoms with E-state index in [4.69, 9.17) is 4.74 Å². The zero-order valence-electron chi connectivity index (χ0n) is 11.5. The van der Waals surface area contributed by atoms with E-state index in [-0.39, 0.29) is 5.97 Å². The average Bonchev–Trinajstić information content (AvgIpc) is 2.35. The third kappa shape index (κ3) is 5.67. The molecule has 0 amide bonds. The molecule has 0 fully saturated rings. The second kappa shape index (κ2) is 7.70. The highest BCUT2D eigenvalue weighted by atomic mass is 16.5. The minimum atomic E-state index is -0.290. The van der Waals surface area contributed by atoms with E-state index in [1.165, 1.54) is 18.1 Å². The first kappa shape index (κ1) is 14.5. The van der Waals surface area contributed by atoms with Crippen LogP contribution in [0.4, 0.5) is 0 Å². The molecule has 2 nitrogen and oxygen atoms in total. The van der Waals surface area contributed by atoms with Gasteiger partial charge < -0.3 is 4.74 Å². The number of carbonyl (C=O) groups is 1. The number of esters is 1. The fourth-order valence-corrected chi connectivity index (χ4v) is 1.61. The molecular weight excluding hydrogens is 224 g/mol. The molecule has 0 unspecified atom stereocenters. The standard InChI is InChI=1S/C16H22O2/c1-4-18-16(17)12-11-15-9-7-14(8-10-15)6-5-13(2)3/h7-13H,4-6H2,1-3H3. The average molecular weight is 246 g/mol. The van der Waals surface area contributed by atoms with Crippen LogP contribution in [0.5, 0.6) is 0 Å². The molecule has 0 N–H and O–H groups in total. The summed E-state index contributed by atoms with van der Waals surface area (Å²) in [5, 5.41) is 0. The van der Waals surface area contributed by atoms with Crippen molar-refractivity contribution < 1.29 is 9.53 Å². The van der Waals surface area contributed by atoms with Gasteiger partial charge in [-0.3, -0.25) is 0 Å². The maximum atomic E-state index is 11.2. The molecule has 0 saturated carbocycles. The van der Waals surface area contributed by atoms with Gasteiger partial charge in [-0.2, -0.15) is 0 Å². The summed E-state index contributed by atoms with van der Waals surface area (Å²) < 4.78 is 4.83. The van der Waals surface area contributed by atoms with Crippen molar-refractivity contribution >= 4 is 12.0 Å². The lowest BCUT2D eigenvalue weighted by molar-refractivity contribution is -0.137. The van der Waals surface area contributed by atoms with Gasteiger partial charge in [0.1, 0.15) is 0 Å². The molecule has 0 aliphatic rings. The van der Waals surface area contributed by atoms with Crippen molar-refractivity contribution in [2.75, 3.05) is 6.61 Å². The largest absolute Gasteiger partial charge is 0.463 e. The Kier molecular flexibility index (Phi) is 6.20. The van der Waals surface area contributed by atoms with Crippen molar-refractivity contribution in [3.8, 4) is 0 Å². The van der Waals surface area contributed by atoms with Crippen LogP contribution in [0.25, 0.3) is 6.08 Å². The summed E-state index contributed by atoms with van der Waals surface area (Å²) in [6, 6.07) is 8.30. The Morgan fingerprint density at radius 3 is 2.50 bits per heavy atom. The molecule has 1 rings (SSSR count). The van der Waals surface area contributed by atoms with Crippen LogP contribution in [-0.4, -0.2) is 12.6 Å². The maximum absolute atomic E-state index is 11.2. The normalized spacial score (nSPS) is 11.1. The topological polar surface area (TPSA) is 26.3 Å². The van der Waals surface area contributed by atoms with Gasteiger partial charge in [0, 0.05) is 6.08 Å². The van der Waals surface area contributed by atoms with Crippen molar-refractivity contribution in [2.45, 2.75) is 33.6 Å². The number of hydrogen-bond acceptors (Lipinski definition) is 2. The molecule has 0 heterocycles. The summed E-state index contributed by atoms with van der Waals surface area (Å²) in [4.78, 5) is 11.2. The van der Waals surface area contributed by atoms with Crippen LogP contribution in [0.1, 0.15) is 38.3 Å². The second-order valence-corrected chi connectivity index (χ2v) is 4.76. The van der Waals surface area contributed by atoms with E-state index in [0.29, 0.717) is 6.61 Å². The Labute approximate surface area is 110 Å². The van der Waals surface area contributed by atoms with Gasteiger partial charge in [-0.25, -0.2) is 4.79 Å². The molecule has 0 aliphatic heterocycles. The van der Waals surface area contributed by atoms with Crippen LogP contribution in [-0.2, 0) is 16.0 Å². The molecule has 0 aromatic heterocycles. The molecule has 18 heavy (non-hydrogen) atoms. The number of ether oxygens (including phenoxy) is 1. The Morgan fingerprint density at radius 2 is 1.94 bits per heavy atom. The van der Waals surface area contributed by atoms with Crippen molar-refractivity contribution in [3.63, 3.8) is 0 Å². The molecule has 0 aliphatic carbocycles. The number of carbonyl (C=O) groups excluding carboxylic acids is 1. The lowest BCUT2D eigenvalue weighted by Gasteiger charge is -2.04. The van der Waals surface area contributed by atoms with Gasteiger partial charge in [0.05, 0.1) is 6.61 Å². The van der Waals surface area contributed by atoms with E-state index < -0.39 is 0 Å². The summed E-state index contributed by atoms with van der Waals surface area (Å²) >= 11 is 0. The smallest absolute Gasteiger partial charge is 0.330 e. The minimum absolute atomic E-state index is 0.290. The molecule has 0 atom stereocenters. The molecule has 1 aromatic rings. The highest BCUT2D eigenvalue weighted by molar-refractivity contribution is 5.86. The maximum Gasteiger partial charge on any atom is 0.330 e. The first-order chi connectivity index (χ1) is 8.61. The van der Waals surface area contributed by atoms with Crippen molar-refractivity contribution in [2.24, 2.45) is 5.92 Å². The van der Waals surface area contributed by atoms with Gasteiger partial charge in [0.25, 0.3) is 0 Å². The van der Waals surface area contributed by atoms with Crippen molar-refractivity contribution in [1.82, 2.24) is 0 Å². The summed E-state index contributed by atoms with van der Waals surface area (Å²) in [5.74, 6) is 0.440. The third-order valence-electron chi connectivity index (χ3n) is 2.69. The molecule has 0 bridgehead atoms. The Bertz CT molecular complexity index is 388. The molecule has 0 saturated heterocycles. The second-order valence-electron chi connectivity index (χ2n) is 4.76. The van der Waals surface area contributed by atoms with Crippen LogP contribution >= 0.6 is 0 Å². The van der Waals surface area contributed by atoms with Gasteiger partial charge >= 0.3 is 5.97 Å². The summed E-state index contributed by atoms with van der Waals surface area (Å²) in [7, 11) is 0. The molecule has 0 spiro atoms. The molecule has 2 heteroatoms. The monoisotopic (exact) mass is 246 g/mol. The van der Waals surface area contributed by atoms with Crippen LogP contribution in [0.15, 0.2) is 30.3 Å². The lowest BCUT2D eigenvalue weighted by atomic mass is 10.0. The number of aryl methyl sites for hydroxylation is 1. The Hall–Kier alpha value is -1.57. The first-order valence-electron chi connectivity index (χ1n) is 6.55. The van der Waals surface area contributed by atoms with Crippen LogP contribution in [0.3, 0.4) is 0 Å². The lowest BCUT2D eigenvalue weighted by Crippen LogP contribution is -1.98. The van der Waals surface area contributed by atoms with Gasteiger partial charge in [-0.05, 0) is 42.9 Å². The quantitative estimate of drug-likeness (QED) is 0.563. The SMILES string of the molecule is CCOC(=O)C=Cc1ccc(CCC(C)C)cc1. The fraction of sp³-hybridized carbons (Fsp3) is 0.438. The minimum Gasteiger partial charge on any atom is -0.463 e. The zero-order valence-corrected chi connectivity index (χ0v) is 11.5. The van der Waals surface area contributed by atoms with Gasteiger partial charge in [0.2, 0.25) is 0 Å². The molecule has 1 aromatic carbocycles. The number of hydrogen-bond donors (Lipinski definition) is 0. The van der Waals surface area contributed by atoms with Crippen molar-refractivity contribution in [3.05, 3.63) is 41.5 Å². The van der Waals surface area contributed by atoms with E-state index in [1.54, 1.807) is 13.0 Å². The van der Waals surface area contributed by atoms with E-state index in [9.17, 15) is 4.79 Å². The first-order valence-corrected chi connectivity index (χ1v) is 6.55. The number of benzene rings is 1. The number of rotatable bonds is 6. The summed E-state index contributed by atoms with van der Waals surface area (Å²) in [6.07, 6.45) is 5.56. The summed E-state index contributed by atoms with van der Waals surface area (Å²) in [6.45, 7) is 6.68. The van der Waals surface area contributed by atoms with Gasteiger partial charge in [0.15, 0.2) is 0 Å². The summed E-state index contributed by atoms with van der Waals surface area (Å²) in [5.41, 5.74) is 2.37. The van der Waals surface area contributed by atoms with Crippen molar-refractivity contribution in [1.29, 1.82) is 0 Å². The van der Waals surface area contributed by atoms with Crippen LogP contribution in [0.2, 0.25) is 0 Å². The third-order valence-corrected chi connectivity index (χ3v) is 2.69. The van der Waals surface area contributed by atoms with E-state index >= 15 is 0 Å². The Morgan fingerprint density at radius 1 is 1.28 bits per heavy atom. The zero-order chi connectivity index (χ0) is 13.4. The van der Waals surface area contributed by atoms with E-state index in [0.717, 1.165) is 17.9 Å². The van der Waals surface area contributed by atoms with Crippen LogP contribution in [0, 0.1) is 5.92 Å². The van der Waals surface area contributed by atoms with Gasteiger partial charge in [-0.15, -0.1) is 0 Å². The highest BCUT2D eigenvalue weighted by Gasteiger charge is 1.97. The van der Waals surface area contributed by atoms with E-state index in [1.807, 2.05) is 12.1 Å².